The number of alkyl halides is 3. The Morgan fingerprint density at radius 3 is 2.56 bits per heavy atom. The molecular weight excluding hydrogens is 219 g/mol. The molecule has 0 heterocycles. The van der Waals surface area contributed by atoms with E-state index in [1.165, 1.54) is 6.07 Å². The summed E-state index contributed by atoms with van der Waals surface area (Å²) >= 11 is 0. The van der Waals surface area contributed by atoms with Gasteiger partial charge in [-0.05, 0) is 18.2 Å². The number of rotatable bonds is 1. The minimum Gasteiger partial charge on any atom is -0.399 e. The number of nitrogens with two attached hydrogens (primary N) is 1. The van der Waals surface area contributed by atoms with Gasteiger partial charge in [-0.15, -0.1) is 0 Å². The molecule has 0 unspecified atom stereocenters. The predicted molar refractivity (Wildman–Crippen MR) is 53.4 cm³/mol. The number of aldehydes is 1. The third-order valence-electron chi connectivity index (χ3n) is 1.70. The van der Waals surface area contributed by atoms with Crippen molar-refractivity contribution in [2.45, 2.75) is 12.6 Å². The molecule has 0 saturated carbocycles. The van der Waals surface area contributed by atoms with Crippen LogP contribution in [-0.2, 0) is 11.0 Å². The molecule has 1 aromatic rings. The van der Waals surface area contributed by atoms with Crippen LogP contribution in [-0.4, -0.2) is 6.29 Å². The molecule has 84 valence electrons. The van der Waals surface area contributed by atoms with Crippen LogP contribution < -0.4 is 5.73 Å². The number of carbonyl (C=O) groups excluding carboxylic acids is 1. The number of hydrogen-bond acceptors (Lipinski definition) is 2. The topological polar surface area (TPSA) is 43.1 Å². The molecule has 5 heteroatoms. The predicted octanol–water partition coefficient (Wildman–Crippen LogP) is 2.23. The van der Waals surface area contributed by atoms with Gasteiger partial charge in [0.15, 0.2) is 0 Å². The van der Waals surface area contributed by atoms with Crippen molar-refractivity contribution in [3.63, 3.8) is 0 Å². The van der Waals surface area contributed by atoms with E-state index < -0.39 is 11.7 Å². The van der Waals surface area contributed by atoms with Crippen molar-refractivity contribution >= 4 is 12.0 Å². The van der Waals surface area contributed by atoms with Crippen molar-refractivity contribution < 1.29 is 18.0 Å². The lowest BCUT2D eigenvalue weighted by molar-refractivity contribution is -0.137. The van der Waals surface area contributed by atoms with Gasteiger partial charge in [-0.25, -0.2) is 0 Å². The third kappa shape index (κ3) is 3.31. The van der Waals surface area contributed by atoms with Crippen LogP contribution >= 0.6 is 0 Å². The maximum Gasteiger partial charge on any atom is 0.416 e. The van der Waals surface area contributed by atoms with Crippen molar-refractivity contribution in [3.8, 4) is 11.8 Å². The lowest BCUT2D eigenvalue weighted by Crippen LogP contribution is -2.06. The summed E-state index contributed by atoms with van der Waals surface area (Å²) in [6.45, 7) is 0. The highest BCUT2D eigenvalue weighted by Crippen LogP contribution is 2.31. The zero-order valence-corrected chi connectivity index (χ0v) is 8.14. The minimum atomic E-state index is -4.45. The summed E-state index contributed by atoms with van der Waals surface area (Å²) in [5.41, 5.74) is 4.62. The fraction of sp³-hybridized carbons (Fsp3) is 0.182. The van der Waals surface area contributed by atoms with E-state index in [4.69, 9.17) is 5.73 Å². The molecule has 0 bridgehead atoms. The molecule has 1 rings (SSSR count). The zero-order chi connectivity index (χ0) is 12.2. The summed E-state index contributed by atoms with van der Waals surface area (Å²) in [6, 6.07) is 3.06. The van der Waals surface area contributed by atoms with Gasteiger partial charge in [0.2, 0.25) is 0 Å². The second-order valence-electron chi connectivity index (χ2n) is 3.01. The Morgan fingerprint density at radius 1 is 1.31 bits per heavy atom. The first-order valence-corrected chi connectivity index (χ1v) is 4.34. The molecule has 0 spiro atoms. The first-order chi connectivity index (χ1) is 7.43. The minimum absolute atomic E-state index is 0.00905. The Hall–Kier alpha value is -1.96. The summed E-state index contributed by atoms with van der Waals surface area (Å²) in [6.07, 6.45) is -3.89. The van der Waals surface area contributed by atoms with Gasteiger partial charge < -0.3 is 10.5 Å². The number of benzene rings is 1. The van der Waals surface area contributed by atoms with Gasteiger partial charge in [-0.1, -0.05) is 11.8 Å². The molecule has 2 N–H and O–H groups in total. The number of carbonyl (C=O) groups is 1. The Kier molecular flexibility index (Phi) is 3.56. The maximum absolute atomic E-state index is 12.4. The summed E-state index contributed by atoms with van der Waals surface area (Å²) in [5, 5.41) is 0. The standard InChI is InChI=1S/C11H8F3NO/c12-11(13,14)9-5-8(3-1-2-4-16)6-10(15)7-9/h4-7H,2,15H2. The van der Waals surface area contributed by atoms with E-state index in [-0.39, 0.29) is 17.7 Å². The number of nitrogen functional groups attached to an aromatic ring is 1. The van der Waals surface area contributed by atoms with E-state index >= 15 is 0 Å². The summed E-state index contributed by atoms with van der Waals surface area (Å²) < 4.78 is 37.1. The molecule has 0 saturated heterocycles. The van der Waals surface area contributed by atoms with Crippen LogP contribution in [0.3, 0.4) is 0 Å². The summed E-state index contributed by atoms with van der Waals surface area (Å²) in [7, 11) is 0. The van der Waals surface area contributed by atoms with Crippen molar-refractivity contribution in [2.75, 3.05) is 5.73 Å². The fourth-order valence-corrected chi connectivity index (χ4v) is 1.08. The molecule has 0 aromatic heterocycles. The molecule has 0 aliphatic rings. The van der Waals surface area contributed by atoms with Crippen molar-refractivity contribution in [3.05, 3.63) is 29.3 Å². The number of hydrogen-bond donors (Lipinski definition) is 1. The second kappa shape index (κ2) is 4.71. The quantitative estimate of drug-likeness (QED) is 0.454. The average molecular weight is 227 g/mol. The average Bonchev–Trinajstić information content (AvgIpc) is 2.16. The fourth-order valence-electron chi connectivity index (χ4n) is 1.08. The van der Waals surface area contributed by atoms with Gasteiger partial charge >= 0.3 is 6.18 Å². The van der Waals surface area contributed by atoms with Crippen LogP contribution in [0, 0.1) is 11.8 Å². The summed E-state index contributed by atoms with van der Waals surface area (Å²) in [4.78, 5) is 9.98. The van der Waals surface area contributed by atoms with E-state index in [0.717, 1.165) is 12.1 Å². The number of anilines is 1. The molecule has 0 radical (unpaired) electrons. The SMILES string of the molecule is Nc1cc(C#CCC=O)cc(C(F)(F)F)c1. The Labute approximate surface area is 90.3 Å². The molecule has 16 heavy (non-hydrogen) atoms. The monoisotopic (exact) mass is 227 g/mol. The highest BCUT2D eigenvalue weighted by Gasteiger charge is 2.30. The molecule has 0 aliphatic carbocycles. The van der Waals surface area contributed by atoms with Crippen LogP contribution in [0.15, 0.2) is 18.2 Å². The number of halogens is 3. The van der Waals surface area contributed by atoms with Gasteiger partial charge in [0, 0.05) is 11.3 Å². The van der Waals surface area contributed by atoms with Gasteiger partial charge in [0.05, 0.1) is 12.0 Å². The van der Waals surface area contributed by atoms with E-state index in [2.05, 4.69) is 11.8 Å². The maximum atomic E-state index is 12.4. The second-order valence-corrected chi connectivity index (χ2v) is 3.01. The molecule has 0 amide bonds. The van der Waals surface area contributed by atoms with Gasteiger partial charge in [-0.2, -0.15) is 13.2 Å². The van der Waals surface area contributed by atoms with Crippen LogP contribution in [0.1, 0.15) is 17.5 Å². The molecule has 1 aromatic carbocycles. The van der Waals surface area contributed by atoms with Gasteiger partial charge in [0.25, 0.3) is 0 Å². The van der Waals surface area contributed by atoms with Gasteiger partial charge in [0.1, 0.15) is 6.29 Å². The summed E-state index contributed by atoms with van der Waals surface area (Å²) in [5.74, 6) is 4.85. The normalized spacial score (nSPS) is 10.4. The largest absolute Gasteiger partial charge is 0.416 e. The Balaban J connectivity index is 3.10. The van der Waals surface area contributed by atoms with E-state index in [9.17, 15) is 18.0 Å². The van der Waals surface area contributed by atoms with Gasteiger partial charge in [-0.3, -0.25) is 0 Å². The third-order valence-corrected chi connectivity index (χ3v) is 1.70. The lowest BCUT2D eigenvalue weighted by Gasteiger charge is -2.07. The first kappa shape index (κ1) is 12.1. The molecular formula is C11H8F3NO. The van der Waals surface area contributed by atoms with Crippen LogP contribution in [0.5, 0.6) is 0 Å². The highest BCUT2D eigenvalue weighted by molar-refractivity contribution is 5.56. The van der Waals surface area contributed by atoms with E-state index in [1.54, 1.807) is 0 Å². The van der Waals surface area contributed by atoms with E-state index in [0.29, 0.717) is 6.29 Å². The van der Waals surface area contributed by atoms with Crippen molar-refractivity contribution in [1.82, 2.24) is 0 Å². The zero-order valence-electron chi connectivity index (χ0n) is 8.14. The molecule has 2 nitrogen and oxygen atoms in total. The molecule has 0 aliphatic heterocycles. The lowest BCUT2D eigenvalue weighted by atomic mass is 10.1. The molecule has 0 atom stereocenters. The van der Waals surface area contributed by atoms with Crippen molar-refractivity contribution in [1.29, 1.82) is 0 Å². The highest BCUT2D eigenvalue weighted by atomic mass is 19.4. The Bertz CT molecular complexity index is 455. The van der Waals surface area contributed by atoms with Crippen molar-refractivity contribution in [2.24, 2.45) is 0 Å². The smallest absolute Gasteiger partial charge is 0.399 e. The van der Waals surface area contributed by atoms with E-state index in [1.807, 2.05) is 0 Å². The van der Waals surface area contributed by atoms with Crippen LogP contribution in [0.4, 0.5) is 18.9 Å². The first-order valence-electron chi connectivity index (χ1n) is 4.34. The molecule has 0 fully saturated rings. The Morgan fingerprint density at radius 2 is 2.00 bits per heavy atom. The van der Waals surface area contributed by atoms with Crippen LogP contribution in [0.2, 0.25) is 0 Å². The van der Waals surface area contributed by atoms with Crippen LogP contribution in [0.25, 0.3) is 0 Å².